The highest BCUT2D eigenvalue weighted by atomic mass is 28.4. The Morgan fingerprint density at radius 2 is 1.79 bits per heavy atom. The van der Waals surface area contributed by atoms with Crippen molar-refractivity contribution in [2.75, 3.05) is 0 Å². The molecule has 1 aromatic rings. The Balaban J connectivity index is 2.96. The number of para-hydroxylation sites is 1. The van der Waals surface area contributed by atoms with Crippen LogP contribution in [0.15, 0.2) is 24.3 Å². The summed E-state index contributed by atoms with van der Waals surface area (Å²) in [6, 6.07) is 8.04. The van der Waals surface area contributed by atoms with Crippen LogP contribution in [0, 0.1) is 0 Å². The summed E-state index contributed by atoms with van der Waals surface area (Å²) in [4.78, 5) is 0. The van der Waals surface area contributed by atoms with Gasteiger partial charge in [0.25, 0.3) is 0 Å². The van der Waals surface area contributed by atoms with Crippen molar-refractivity contribution in [3.8, 4) is 5.75 Å². The quantitative estimate of drug-likeness (QED) is 0.777. The second-order valence-corrected chi connectivity index (χ2v) is 8.97. The Bertz CT molecular complexity index is 304. The Labute approximate surface area is 87.2 Å². The van der Waals surface area contributed by atoms with Crippen molar-refractivity contribution in [1.82, 2.24) is 0 Å². The molecular formula is C11H19NOSi. The normalized spacial score (nSPS) is 13.8. The van der Waals surface area contributed by atoms with Gasteiger partial charge in [-0.25, -0.2) is 0 Å². The van der Waals surface area contributed by atoms with E-state index in [1.54, 1.807) is 0 Å². The van der Waals surface area contributed by atoms with Crippen LogP contribution >= 0.6 is 0 Å². The Morgan fingerprint density at radius 3 is 2.29 bits per heavy atom. The average Bonchev–Trinajstić information content (AvgIpc) is 2.01. The summed E-state index contributed by atoms with van der Waals surface area (Å²) in [6.07, 6.45) is 0. The fourth-order valence-electron chi connectivity index (χ4n) is 1.28. The summed E-state index contributed by atoms with van der Waals surface area (Å²) < 4.78 is 5.95. The van der Waals surface area contributed by atoms with E-state index in [-0.39, 0.29) is 6.04 Å². The van der Waals surface area contributed by atoms with E-state index in [0.29, 0.717) is 0 Å². The van der Waals surface area contributed by atoms with E-state index in [0.717, 1.165) is 11.3 Å². The molecule has 78 valence electrons. The minimum absolute atomic E-state index is 0.0301. The minimum Gasteiger partial charge on any atom is -0.544 e. The van der Waals surface area contributed by atoms with Gasteiger partial charge in [-0.05, 0) is 32.6 Å². The molecule has 1 rings (SSSR count). The van der Waals surface area contributed by atoms with Crippen LogP contribution in [0.1, 0.15) is 18.5 Å². The standard InChI is InChI=1S/C11H19NOSi/c1-9(12)10-7-5-6-8-11(10)13-14(2,3)4/h5-9H,12H2,1-4H3/t9-/m1/s1. The molecule has 0 radical (unpaired) electrons. The maximum Gasteiger partial charge on any atom is 0.242 e. The summed E-state index contributed by atoms with van der Waals surface area (Å²) in [5.41, 5.74) is 6.96. The van der Waals surface area contributed by atoms with E-state index in [1.807, 2.05) is 31.2 Å². The molecule has 3 heteroatoms. The monoisotopic (exact) mass is 209 g/mol. The third-order valence-electron chi connectivity index (χ3n) is 1.83. The lowest BCUT2D eigenvalue weighted by Crippen LogP contribution is -2.30. The number of rotatable bonds is 3. The molecule has 0 fully saturated rings. The third-order valence-corrected chi connectivity index (χ3v) is 2.66. The molecule has 0 amide bonds. The van der Waals surface area contributed by atoms with Crippen molar-refractivity contribution in [1.29, 1.82) is 0 Å². The maximum atomic E-state index is 5.95. The van der Waals surface area contributed by atoms with Crippen molar-refractivity contribution in [3.63, 3.8) is 0 Å². The van der Waals surface area contributed by atoms with Crippen LogP contribution in [0.4, 0.5) is 0 Å². The molecule has 1 atom stereocenters. The van der Waals surface area contributed by atoms with Crippen molar-refractivity contribution < 1.29 is 4.43 Å². The van der Waals surface area contributed by atoms with Crippen LogP contribution in [0.3, 0.4) is 0 Å². The van der Waals surface area contributed by atoms with E-state index < -0.39 is 8.32 Å². The Hall–Kier alpha value is -0.803. The molecule has 0 heterocycles. The summed E-state index contributed by atoms with van der Waals surface area (Å²) in [6.45, 7) is 8.49. The topological polar surface area (TPSA) is 35.2 Å². The summed E-state index contributed by atoms with van der Waals surface area (Å²) >= 11 is 0. The predicted molar refractivity (Wildman–Crippen MR) is 63.0 cm³/mol. The van der Waals surface area contributed by atoms with E-state index in [1.165, 1.54) is 0 Å². The molecule has 0 unspecified atom stereocenters. The van der Waals surface area contributed by atoms with Crippen molar-refractivity contribution in [2.45, 2.75) is 32.6 Å². The minimum atomic E-state index is -1.53. The van der Waals surface area contributed by atoms with E-state index >= 15 is 0 Å². The highest BCUT2D eigenvalue weighted by molar-refractivity contribution is 6.70. The molecule has 0 aliphatic heterocycles. The van der Waals surface area contributed by atoms with Gasteiger partial charge in [0, 0.05) is 11.6 Å². The molecule has 0 saturated heterocycles. The lowest BCUT2D eigenvalue weighted by Gasteiger charge is -2.22. The zero-order valence-corrected chi connectivity index (χ0v) is 10.4. The zero-order chi connectivity index (χ0) is 10.8. The Kier molecular flexibility index (Phi) is 3.34. The van der Waals surface area contributed by atoms with Crippen LogP contribution in [-0.4, -0.2) is 8.32 Å². The number of hydrogen-bond acceptors (Lipinski definition) is 2. The second kappa shape index (κ2) is 4.15. The molecule has 0 saturated carbocycles. The fraction of sp³-hybridized carbons (Fsp3) is 0.455. The highest BCUT2D eigenvalue weighted by Gasteiger charge is 2.18. The van der Waals surface area contributed by atoms with E-state index in [9.17, 15) is 0 Å². The van der Waals surface area contributed by atoms with Gasteiger partial charge < -0.3 is 10.2 Å². The molecule has 0 spiro atoms. The molecule has 0 aromatic heterocycles. The number of hydrogen-bond donors (Lipinski definition) is 1. The average molecular weight is 209 g/mol. The molecule has 0 bridgehead atoms. The van der Waals surface area contributed by atoms with Crippen molar-refractivity contribution in [2.24, 2.45) is 5.73 Å². The molecule has 2 N–H and O–H groups in total. The van der Waals surface area contributed by atoms with Crippen LogP contribution in [0.25, 0.3) is 0 Å². The van der Waals surface area contributed by atoms with E-state index in [2.05, 4.69) is 19.6 Å². The van der Waals surface area contributed by atoms with Gasteiger partial charge in [0.15, 0.2) is 0 Å². The van der Waals surface area contributed by atoms with E-state index in [4.69, 9.17) is 10.2 Å². The summed E-state index contributed by atoms with van der Waals surface area (Å²) in [7, 11) is -1.53. The lowest BCUT2D eigenvalue weighted by atomic mass is 10.1. The van der Waals surface area contributed by atoms with Crippen LogP contribution < -0.4 is 10.2 Å². The first kappa shape index (κ1) is 11.3. The number of nitrogens with two attached hydrogens (primary N) is 1. The number of benzene rings is 1. The van der Waals surface area contributed by atoms with Gasteiger partial charge in [-0.2, -0.15) is 0 Å². The Morgan fingerprint density at radius 1 is 1.21 bits per heavy atom. The molecule has 0 aliphatic rings. The summed E-state index contributed by atoms with van der Waals surface area (Å²) in [5, 5.41) is 0. The second-order valence-electron chi connectivity index (χ2n) is 4.54. The smallest absolute Gasteiger partial charge is 0.242 e. The van der Waals surface area contributed by atoms with Gasteiger partial charge in [-0.3, -0.25) is 0 Å². The SMILES string of the molecule is C[C@@H](N)c1ccccc1O[Si](C)(C)C. The fourth-order valence-corrected chi connectivity index (χ4v) is 2.13. The first-order chi connectivity index (χ1) is 6.40. The van der Waals surface area contributed by atoms with Gasteiger partial charge in [0.1, 0.15) is 5.75 Å². The van der Waals surface area contributed by atoms with Gasteiger partial charge in [0.2, 0.25) is 8.32 Å². The zero-order valence-electron chi connectivity index (χ0n) is 9.37. The molecule has 1 aromatic carbocycles. The highest BCUT2D eigenvalue weighted by Crippen LogP contribution is 2.25. The summed E-state index contributed by atoms with van der Waals surface area (Å²) in [5.74, 6) is 0.946. The molecule has 14 heavy (non-hydrogen) atoms. The van der Waals surface area contributed by atoms with Gasteiger partial charge >= 0.3 is 0 Å². The first-order valence-electron chi connectivity index (χ1n) is 4.93. The predicted octanol–water partition coefficient (Wildman–Crippen LogP) is 2.92. The van der Waals surface area contributed by atoms with Crippen LogP contribution in [0.5, 0.6) is 5.75 Å². The largest absolute Gasteiger partial charge is 0.544 e. The molecule has 2 nitrogen and oxygen atoms in total. The van der Waals surface area contributed by atoms with Gasteiger partial charge in [-0.1, -0.05) is 18.2 Å². The van der Waals surface area contributed by atoms with Crippen LogP contribution in [-0.2, 0) is 0 Å². The van der Waals surface area contributed by atoms with Gasteiger partial charge in [-0.15, -0.1) is 0 Å². The molecule has 0 aliphatic carbocycles. The van der Waals surface area contributed by atoms with Crippen LogP contribution in [0.2, 0.25) is 19.6 Å². The lowest BCUT2D eigenvalue weighted by molar-refractivity contribution is 0.542. The van der Waals surface area contributed by atoms with Crippen molar-refractivity contribution >= 4 is 8.32 Å². The third kappa shape index (κ3) is 3.16. The van der Waals surface area contributed by atoms with Crippen molar-refractivity contribution in [3.05, 3.63) is 29.8 Å². The van der Waals surface area contributed by atoms with Gasteiger partial charge in [0.05, 0.1) is 0 Å². The maximum absolute atomic E-state index is 5.95. The first-order valence-corrected chi connectivity index (χ1v) is 8.34. The molecular weight excluding hydrogens is 190 g/mol.